The number of aryl methyl sites for hydroxylation is 1. The lowest BCUT2D eigenvalue weighted by Crippen LogP contribution is -2.53. The van der Waals surface area contributed by atoms with Gasteiger partial charge in [-0.1, -0.05) is 55.6 Å². The van der Waals surface area contributed by atoms with Crippen LogP contribution >= 0.6 is 11.6 Å². The van der Waals surface area contributed by atoms with Gasteiger partial charge >= 0.3 is 0 Å². The highest BCUT2D eigenvalue weighted by Crippen LogP contribution is 2.28. The molecule has 2 aromatic rings. The molecule has 0 saturated heterocycles. The molecule has 1 aliphatic rings. The van der Waals surface area contributed by atoms with E-state index in [2.05, 4.69) is 5.32 Å². The molecule has 0 aliphatic heterocycles. The second-order valence-electron chi connectivity index (χ2n) is 9.52. The van der Waals surface area contributed by atoms with Gasteiger partial charge in [0.15, 0.2) is 0 Å². The zero-order chi connectivity index (χ0) is 28.0. The van der Waals surface area contributed by atoms with Crippen molar-refractivity contribution in [3.05, 3.63) is 68.7 Å². The Kier molecular flexibility index (Phi) is 9.72. The molecule has 1 unspecified atom stereocenters. The number of halogens is 1. The Morgan fingerprint density at radius 1 is 1.18 bits per heavy atom. The van der Waals surface area contributed by atoms with Crippen molar-refractivity contribution >= 4 is 44.8 Å². The fraction of sp³-hybridized carbons (Fsp3) is 0.462. The molecule has 0 spiro atoms. The number of sulfonamides is 1. The topological polar surface area (TPSA) is 130 Å². The van der Waals surface area contributed by atoms with Crippen LogP contribution in [0.4, 0.5) is 11.4 Å². The maximum absolute atomic E-state index is 13.8. The van der Waals surface area contributed by atoms with Gasteiger partial charge in [-0.25, -0.2) is 8.42 Å². The number of hydrogen-bond acceptors (Lipinski definition) is 6. The van der Waals surface area contributed by atoms with Crippen LogP contribution < -0.4 is 9.62 Å². The summed E-state index contributed by atoms with van der Waals surface area (Å²) in [5, 5.41) is 14.8. The van der Waals surface area contributed by atoms with E-state index in [1.165, 1.54) is 17.0 Å². The zero-order valence-corrected chi connectivity index (χ0v) is 23.3. The highest BCUT2D eigenvalue weighted by molar-refractivity contribution is 7.92. The summed E-state index contributed by atoms with van der Waals surface area (Å²) in [6.45, 7) is 2.73. The fourth-order valence-electron chi connectivity index (χ4n) is 4.67. The van der Waals surface area contributed by atoms with Crippen molar-refractivity contribution in [3.8, 4) is 0 Å². The van der Waals surface area contributed by atoms with E-state index in [9.17, 15) is 28.1 Å². The molecule has 0 heterocycles. The quantitative estimate of drug-likeness (QED) is 0.322. The van der Waals surface area contributed by atoms with Crippen molar-refractivity contribution in [2.24, 2.45) is 0 Å². The molecule has 38 heavy (non-hydrogen) atoms. The van der Waals surface area contributed by atoms with E-state index in [4.69, 9.17) is 11.6 Å². The third-order valence-corrected chi connectivity index (χ3v) is 8.23. The van der Waals surface area contributed by atoms with Gasteiger partial charge in [0.05, 0.1) is 16.9 Å². The van der Waals surface area contributed by atoms with Gasteiger partial charge in [0.25, 0.3) is 5.69 Å². The van der Waals surface area contributed by atoms with E-state index in [1.807, 2.05) is 0 Å². The van der Waals surface area contributed by atoms with Gasteiger partial charge in [0, 0.05) is 29.7 Å². The summed E-state index contributed by atoms with van der Waals surface area (Å²) < 4.78 is 26.5. The van der Waals surface area contributed by atoms with Gasteiger partial charge in [0.1, 0.15) is 12.6 Å². The van der Waals surface area contributed by atoms with Gasteiger partial charge in [-0.2, -0.15) is 0 Å². The number of non-ortho nitro benzene ring substituents is 1. The predicted molar refractivity (Wildman–Crippen MR) is 147 cm³/mol. The van der Waals surface area contributed by atoms with E-state index in [-0.39, 0.29) is 29.9 Å². The highest BCUT2D eigenvalue weighted by Gasteiger charge is 2.34. The van der Waals surface area contributed by atoms with Gasteiger partial charge in [-0.3, -0.25) is 24.0 Å². The minimum Gasteiger partial charge on any atom is -0.352 e. The molecule has 2 amide bonds. The van der Waals surface area contributed by atoms with Crippen LogP contribution in [-0.4, -0.2) is 54.9 Å². The zero-order valence-electron chi connectivity index (χ0n) is 21.7. The molecular formula is C26H33ClN4O6S. The number of anilines is 1. The average molecular weight is 565 g/mol. The molecule has 0 bridgehead atoms. The second kappa shape index (κ2) is 12.6. The van der Waals surface area contributed by atoms with Crippen molar-refractivity contribution in [1.29, 1.82) is 0 Å². The Morgan fingerprint density at radius 3 is 2.42 bits per heavy atom. The lowest BCUT2D eigenvalue weighted by molar-refractivity contribution is -0.384. The normalized spacial score (nSPS) is 14.6. The van der Waals surface area contributed by atoms with E-state index in [0.717, 1.165) is 42.3 Å². The standard InChI is InChI=1S/C26H33ClN4O6S/c1-4-23(26(33)28-20-10-6-7-11-20)29(16-19-9-5-8-12-22(19)27)25(32)17-30(38(3,36)37)24-15-21(31(34)35)14-13-18(24)2/h5,8-9,12-15,20,23H,4,6-7,10-11,16-17H2,1-3H3,(H,28,33). The van der Waals surface area contributed by atoms with E-state index in [1.54, 1.807) is 38.1 Å². The molecule has 12 heteroatoms. The van der Waals surface area contributed by atoms with Crippen LogP contribution in [0.2, 0.25) is 5.02 Å². The third-order valence-electron chi connectivity index (χ3n) is 6.74. The number of rotatable bonds is 11. The second-order valence-corrected chi connectivity index (χ2v) is 11.8. The molecule has 2 aromatic carbocycles. The first-order valence-electron chi connectivity index (χ1n) is 12.5. The van der Waals surface area contributed by atoms with E-state index >= 15 is 0 Å². The summed E-state index contributed by atoms with van der Waals surface area (Å²) in [6.07, 6.45) is 5.01. The number of amides is 2. The SMILES string of the molecule is CCC(C(=O)NC1CCCC1)N(Cc1ccccc1Cl)C(=O)CN(c1cc([N+](=O)[O-])ccc1C)S(C)(=O)=O. The Morgan fingerprint density at radius 2 is 1.84 bits per heavy atom. The highest BCUT2D eigenvalue weighted by atomic mass is 35.5. The molecule has 1 fully saturated rings. The maximum Gasteiger partial charge on any atom is 0.271 e. The molecule has 1 saturated carbocycles. The number of nitro groups is 1. The van der Waals surface area contributed by atoms with Gasteiger partial charge < -0.3 is 10.2 Å². The summed E-state index contributed by atoms with van der Waals surface area (Å²) in [5.74, 6) is -0.938. The molecule has 206 valence electrons. The minimum absolute atomic E-state index is 0.0133. The van der Waals surface area contributed by atoms with Gasteiger partial charge in [0.2, 0.25) is 21.8 Å². The summed E-state index contributed by atoms with van der Waals surface area (Å²) in [7, 11) is -4.03. The van der Waals surface area contributed by atoms with Gasteiger partial charge in [-0.15, -0.1) is 0 Å². The Hall–Kier alpha value is -3.18. The summed E-state index contributed by atoms with van der Waals surface area (Å²) in [6, 6.07) is 9.93. The van der Waals surface area contributed by atoms with Crippen molar-refractivity contribution in [1.82, 2.24) is 10.2 Å². The monoisotopic (exact) mass is 564 g/mol. The molecule has 0 aromatic heterocycles. The van der Waals surface area contributed by atoms with Crippen LogP contribution in [0.5, 0.6) is 0 Å². The number of nitro benzene ring substituents is 1. The largest absolute Gasteiger partial charge is 0.352 e. The fourth-order valence-corrected chi connectivity index (χ4v) is 5.77. The molecular weight excluding hydrogens is 532 g/mol. The number of carbonyl (C=O) groups is 2. The summed E-state index contributed by atoms with van der Waals surface area (Å²) in [4.78, 5) is 39.2. The molecule has 1 aliphatic carbocycles. The Bertz CT molecular complexity index is 1300. The predicted octanol–water partition coefficient (Wildman–Crippen LogP) is 4.19. The molecule has 1 atom stereocenters. The number of hydrogen-bond donors (Lipinski definition) is 1. The van der Waals surface area contributed by atoms with Gasteiger partial charge in [-0.05, 0) is 43.4 Å². The van der Waals surface area contributed by atoms with E-state index < -0.39 is 33.4 Å². The lowest BCUT2D eigenvalue weighted by Gasteiger charge is -2.33. The average Bonchev–Trinajstić information content (AvgIpc) is 3.36. The molecule has 0 radical (unpaired) electrons. The number of nitrogens with zero attached hydrogens (tertiary/aromatic N) is 3. The molecule has 3 rings (SSSR count). The lowest BCUT2D eigenvalue weighted by atomic mass is 10.1. The summed E-state index contributed by atoms with van der Waals surface area (Å²) >= 11 is 6.37. The van der Waals surface area contributed by atoms with Crippen LogP contribution in [-0.2, 0) is 26.2 Å². The summed E-state index contributed by atoms with van der Waals surface area (Å²) in [5.41, 5.74) is 0.766. The Labute approximate surface area is 228 Å². The van der Waals surface area contributed by atoms with Crippen molar-refractivity contribution in [2.45, 2.75) is 64.6 Å². The number of nitrogens with one attached hydrogen (secondary N) is 1. The minimum atomic E-state index is -4.03. The van der Waals surface area contributed by atoms with Crippen molar-refractivity contribution in [2.75, 3.05) is 17.1 Å². The van der Waals surface area contributed by atoms with Crippen molar-refractivity contribution < 1.29 is 22.9 Å². The smallest absolute Gasteiger partial charge is 0.271 e. The third kappa shape index (κ3) is 7.22. The number of benzene rings is 2. The van der Waals surface area contributed by atoms with Crippen LogP contribution in [0, 0.1) is 17.0 Å². The molecule has 10 nitrogen and oxygen atoms in total. The maximum atomic E-state index is 13.8. The van der Waals surface area contributed by atoms with Crippen LogP contribution in [0.3, 0.4) is 0 Å². The first-order valence-corrected chi connectivity index (χ1v) is 14.7. The van der Waals surface area contributed by atoms with Crippen LogP contribution in [0.1, 0.15) is 50.2 Å². The number of carbonyl (C=O) groups excluding carboxylic acids is 2. The van der Waals surface area contributed by atoms with Crippen LogP contribution in [0.25, 0.3) is 0 Å². The first kappa shape index (κ1) is 29.4. The molecule has 1 N–H and O–H groups in total. The Balaban J connectivity index is 1.99. The first-order chi connectivity index (χ1) is 17.9. The van der Waals surface area contributed by atoms with Crippen molar-refractivity contribution in [3.63, 3.8) is 0 Å². The van der Waals surface area contributed by atoms with Crippen LogP contribution in [0.15, 0.2) is 42.5 Å². The van der Waals surface area contributed by atoms with E-state index in [0.29, 0.717) is 22.6 Å².